The Balaban J connectivity index is 2.55. The van der Waals surface area contributed by atoms with Crippen molar-refractivity contribution in [2.75, 3.05) is 7.11 Å². The molecule has 1 aromatic carbocycles. The minimum atomic E-state index is -0.806. The van der Waals surface area contributed by atoms with Gasteiger partial charge in [-0.05, 0) is 38.5 Å². The Labute approximate surface area is 118 Å². The minimum absolute atomic E-state index is 0.467. The van der Waals surface area contributed by atoms with E-state index in [1.54, 1.807) is 52.1 Å². The Hall–Kier alpha value is -2.37. The van der Waals surface area contributed by atoms with Crippen molar-refractivity contribution in [3.8, 4) is 5.75 Å². The molecule has 0 saturated carbocycles. The maximum atomic E-state index is 11.5. The van der Waals surface area contributed by atoms with E-state index in [1.165, 1.54) is 6.21 Å². The fourth-order valence-electron chi connectivity index (χ4n) is 1.34. The second-order valence-electron chi connectivity index (χ2n) is 5.18. The summed E-state index contributed by atoms with van der Waals surface area (Å²) in [5.74, 6) is -0.842. The second-order valence-corrected chi connectivity index (χ2v) is 5.18. The number of benzene rings is 1. The van der Waals surface area contributed by atoms with Gasteiger partial charge in [0.1, 0.15) is 5.75 Å². The zero-order chi connectivity index (χ0) is 15.2. The van der Waals surface area contributed by atoms with Gasteiger partial charge in [-0.3, -0.25) is 9.59 Å². The Morgan fingerprint density at radius 3 is 2.55 bits per heavy atom. The molecular formula is C14H19N3O3. The van der Waals surface area contributed by atoms with Crippen LogP contribution < -0.4 is 15.5 Å². The summed E-state index contributed by atoms with van der Waals surface area (Å²) in [6, 6.07) is 7.15. The molecule has 0 radical (unpaired) electrons. The van der Waals surface area contributed by atoms with Crippen molar-refractivity contribution in [3.05, 3.63) is 29.8 Å². The van der Waals surface area contributed by atoms with Gasteiger partial charge in [0, 0.05) is 5.54 Å². The minimum Gasteiger partial charge on any atom is -0.497 e. The predicted octanol–water partition coefficient (Wildman–Crippen LogP) is 1.06. The number of nitrogens with one attached hydrogen (secondary N) is 2. The van der Waals surface area contributed by atoms with Crippen molar-refractivity contribution in [3.63, 3.8) is 0 Å². The van der Waals surface area contributed by atoms with Gasteiger partial charge in [0.25, 0.3) is 0 Å². The molecule has 108 valence electrons. The van der Waals surface area contributed by atoms with Crippen LogP contribution in [0.3, 0.4) is 0 Å². The summed E-state index contributed by atoms with van der Waals surface area (Å²) in [6.45, 7) is 5.37. The number of hydrogen-bond donors (Lipinski definition) is 2. The van der Waals surface area contributed by atoms with Gasteiger partial charge in [0.05, 0.1) is 13.3 Å². The van der Waals surface area contributed by atoms with Gasteiger partial charge in [0.2, 0.25) is 0 Å². The lowest BCUT2D eigenvalue weighted by atomic mass is 10.1. The van der Waals surface area contributed by atoms with Gasteiger partial charge in [0.15, 0.2) is 0 Å². The molecule has 2 amide bonds. The number of methoxy groups -OCH3 is 1. The highest BCUT2D eigenvalue weighted by molar-refractivity contribution is 6.35. The highest BCUT2D eigenvalue weighted by Crippen LogP contribution is 2.10. The molecule has 0 aliphatic heterocycles. The van der Waals surface area contributed by atoms with E-state index in [-0.39, 0.29) is 0 Å². The smallest absolute Gasteiger partial charge is 0.329 e. The van der Waals surface area contributed by atoms with Crippen LogP contribution in [-0.4, -0.2) is 30.7 Å². The van der Waals surface area contributed by atoms with E-state index in [9.17, 15) is 9.59 Å². The first kappa shape index (κ1) is 15.7. The molecule has 0 aliphatic rings. The van der Waals surface area contributed by atoms with Crippen molar-refractivity contribution < 1.29 is 14.3 Å². The fraction of sp³-hybridized carbons (Fsp3) is 0.357. The van der Waals surface area contributed by atoms with Crippen LogP contribution in [0.25, 0.3) is 0 Å². The molecule has 0 saturated heterocycles. The molecular weight excluding hydrogens is 258 g/mol. The van der Waals surface area contributed by atoms with Gasteiger partial charge in [-0.15, -0.1) is 0 Å². The number of carbonyl (C=O) groups is 2. The largest absolute Gasteiger partial charge is 0.497 e. The SMILES string of the molecule is COc1cccc(/C=N/NC(=O)C(=O)NC(C)(C)C)c1. The second kappa shape index (κ2) is 6.70. The lowest BCUT2D eigenvalue weighted by molar-refractivity contribution is -0.140. The van der Waals surface area contributed by atoms with Gasteiger partial charge in [-0.1, -0.05) is 12.1 Å². The molecule has 0 fully saturated rings. The standard InChI is InChI=1S/C14H19N3O3/c1-14(2,3)16-12(18)13(19)17-15-9-10-6-5-7-11(8-10)20-4/h5-9H,1-4H3,(H,16,18)(H,17,19)/b15-9+. The molecule has 0 atom stereocenters. The summed E-state index contributed by atoms with van der Waals surface area (Å²) in [5, 5.41) is 6.27. The van der Waals surface area contributed by atoms with E-state index in [0.29, 0.717) is 5.75 Å². The van der Waals surface area contributed by atoms with Crippen LogP contribution in [0.15, 0.2) is 29.4 Å². The molecule has 0 unspecified atom stereocenters. The first-order valence-corrected chi connectivity index (χ1v) is 6.11. The zero-order valence-corrected chi connectivity index (χ0v) is 12.1. The molecule has 0 spiro atoms. The number of hydrazone groups is 1. The number of rotatable bonds is 3. The third-order valence-electron chi connectivity index (χ3n) is 2.17. The highest BCUT2D eigenvalue weighted by Gasteiger charge is 2.19. The van der Waals surface area contributed by atoms with Crippen LogP contribution in [0.4, 0.5) is 0 Å². The zero-order valence-electron chi connectivity index (χ0n) is 12.1. The van der Waals surface area contributed by atoms with Crippen LogP contribution in [0, 0.1) is 0 Å². The van der Waals surface area contributed by atoms with E-state index >= 15 is 0 Å². The van der Waals surface area contributed by atoms with Crippen LogP contribution in [0.5, 0.6) is 5.75 Å². The first-order valence-electron chi connectivity index (χ1n) is 6.11. The van der Waals surface area contributed by atoms with Crippen molar-refractivity contribution in [1.82, 2.24) is 10.7 Å². The molecule has 1 rings (SSSR count). The van der Waals surface area contributed by atoms with Crippen LogP contribution in [-0.2, 0) is 9.59 Å². The molecule has 6 heteroatoms. The normalized spacial score (nSPS) is 11.2. The van der Waals surface area contributed by atoms with Crippen molar-refractivity contribution in [2.45, 2.75) is 26.3 Å². The fourth-order valence-corrected chi connectivity index (χ4v) is 1.34. The number of ether oxygens (including phenoxy) is 1. The van der Waals surface area contributed by atoms with E-state index in [0.717, 1.165) is 5.56 Å². The van der Waals surface area contributed by atoms with Gasteiger partial charge >= 0.3 is 11.8 Å². The Morgan fingerprint density at radius 1 is 1.25 bits per heavy atom. The summed E-state index contributed by atoms with van der Waals surface area (Å²) in [7, 11) is 1.56. The van der Waals surface area contributed by atoms with E-state index in [4.69, 9.17) is 4.74 Å². The van der Waals surface area contributed by atoms with Crippen LogP contribution in [0.1, 0.15) is 26.3 Å². The average Bonchev–Trinajstić information content (AvgIpc) is 2.37. The quantitative estimate of drug-likeness (QED) is 0.492. The number of hydrogen-bond acceptors (Lipinski definition) is 4. The van der Waals surface area contributed by atoms with Crippen LogP contribution >= 0.6 is 0 Å². The first-order chi connectivity index (χ1) is 9.31. The van der Waals surface area contributed by atoms with Crippen molar-refractivity contribution >= 4 is 18.0 Å². The van der Waals surface area contributed by atoms with Gasteiger partial charge in [-0.25, -0.2) is 5.43 Å². The molecule has 0 aliphatic carbocycles. The van der Waals surface area contributed by atoms with Crippen molar-refractivity contribution in [1.29, 1.82) is 0 Å². The summed E-state index contributed by atoms with van der Waals surface area (Å²) in [6.07, 6.45) is 1.44. The number of carbonyl (C=O) groups excluding carboxylic acids is 2. The lowest BCUT2D eigenvalue weighted by Crippen LogP contribution is -2.47. The van der Waals surface area contributed by atoms with E-state index in [1.807, 2.05) is 0 Å². The topological polar surface area (TPSA) is 79.8 Å². The molecule has 1 aromatic rings. The maximum Gasteiger partial charge on any atom is 0.329 e. The molecule has 0 heterocycles. The molecule has 6 nitrogen and oxygen atoms in total. The third-order valence-corrected chi connectivity index (χ3v) is 2.17. The lowest BCUT2D eigenvalue weighted by Gasteiger charge is -2.19. The Morgan fingerprint density at radius 2 is 1.95 bits per heavy atom. The monoisotopic (exact) mass is 277 g/mol. The summed E-state index contributed by atoms with van der Waals surface area (Å²) < 4.78 is 5.06. The highest BCUT2D eigenvalue weighted by atomic mass is 16.5. The Kier molecular flexibility index (Phi) is 5.25. The molecule has 2 N–H and O–H groups in total. The predicted molar refractivity (Wildman–Crippen MR) is 76.6 cm³/mol. The third kappa shape index (κ3) is 5.51. The number of nitrogens with zero attached hydrogens (tertiary/aromatic N) is 1. The van der Waals surface area contributed by atoms with Crippen LogP contribution in [0.2, 0.25) is 0 Å². The van der Waals surface area contributed by atoms with Gasteiger partial charge < -0.3 is 10.1 Å². The van der Waals surface area contributed by atoms with E-state index in [2.05, 4.69) is 15.8 Å². The summed E-state index contributed by atoms with van der Waals surface area (Å²) >= 11 is 0. The summed E-state index contributed by atoms with van der Waals surface area (Å²) in [4.78, 5) is 23.0. The van der Waals surface area contributed by atoms with Crippen molar-refractivity contribution in [2.24, 2.45) is 5.10 Å². The molecule has 0 aromatic heterocycles. The van der Waals surface area contributed by atoms with E-state index < -0.39 is 17.4 Å². The average molecular weight is 277 g/mol. The molecule has 20 heavy (non-hydrogen) atoms. The molecule has 0 bridgehead atoms. The number of amides is 2. The maximum absolute atomic E-state index is 11.5. The van der Waals surface area contributed by atoms with Gasteiger partial charge in [-0.2, -0.15) is 5.10 Å². The summed E-state index contributed by atoms with van der Waals surface area (Å²) in [5.41, 5.74) is 2.45. The Bertz CT molecular complexity index is 519.